The molecule has 2 N–H and O–H groups in total. The average molecular weight is 530 g/mol. The molecule has 1 aliphatic heterocycles. The van der Waals surface area contributed by atoms with Crippen molar-refractivity contribution >= 4 is 28.4 Å². The van der Waals surface area contributed by atoms with Gasteiger partial charge in [-0.25, -0.2) is 13.8 Å². The zero-order valence-electron chi connectivity index (χ0n) is 22.3. The summed E-state index contributed by atoms with van der Waals surface area (Å²) in [6, 6.07) is 11.2. The molecular formula is C29H32FN7O2. The molecule has 0 saturated heterocycles. The van der Waals surface area contributed by atoms with Gasteiger partial charge in [-0.2, -0.15) is 10.1 Å². The fraction of sp³-hybridized carbons (Fsp3) is 0.379. The second-order valence-electron chi connectivity index (χ2n) is 10.8. The standard InChI is InChI=1S/C29H32FN7O2/c1-29(2,30)17-31-27(38)20-11-9-19(10-12-20)26-34-28(36(3)35-26)33-22-13-14-23-21(25(22)18-7-8-18)16-32-37(23)24-6-4-5-15-39-24/h5,9-16,18,24H,4,6-8,17H2,1-3H3,(H,31,38)(H,33,34,35). The molecule has 0 radical (unpaired) electrons. The van der Waals surface area contributed by atoms with Crippen molar-refractivity contribution in [3.63, 3.8) is 0 Å². The summed E-state index contributed by atoms with van der Waals surface area (Å²) in [6.07, 6.45) is 9.83. The smallest absolute Gasteiger partial charge is 0.251 e. The lowest BCUT2D eigenvalue weighted by atomic mass is 10.0. The summed E-state index contributed by atoms with van der Waals surface area (Å²) in [7, 11) is 1.85. The van der Waals surface area contributed by atoms with Gasteiger partial charge in [0.2, 0.25) is 5.95 Å². The van der Waals surface area contributed by atoms with E-state index in [4.69, 9.17) is 14.8 Å². The number of carbonyl (C=O) groups excluding carboxylic acids is 1. The summed E-state index contributed by atoms with van der Waals surface area (Å²) in [5.41, 5.74) is 3.08. The number of aryl methyl sites for hydroxylation is 1. The van der Waals surface area contributed by atoms with Crippen LogP contribution in [0.15, 0.2) is 54.9 Å². The molecule has 1 amide bonds. The fourth-order valence-corrected chi connectivity index (χ4v) is 4.89. The lowest BCUT2D eigenvalue weighted by molar-refractivity contribution is 0.0546. The van der Waals surface area contributed by atoms with Gasteiger partial charge in [0.25, 0.3) is 5.91 Å². The van der Waals surface area contributed by atoms with Crippen LogP contribution in [-0.2, 0) is 11.8 Å². The number of nitrogens with one attached hydrogen (secondary N) is 2. The topological polar surface area (TPSA) is 98.9 Å². The Morgan fingerprint density at radius 2 is 1.95 bits per heavy atom. The predicted octanol–water partition coefficient (Wildman–Crippen LogP) is 5.75. The van der Waals surface area contributed by atoms with Crippen LogP contribution in [0.25, 0.3) is 22.3 Å². The number of alkyl halides is 1. The molecule has 3 heterocycles. The van der Waals surface area contributed by atoms with Crippen molar-refractivity contribution in [1.82, 2.24) is 29.9 Å². The van der Waals surface area contributed by atoms with E-state index in [1.807, 2.05) is 24.0 Å². The molecule has 1 unspecified atom stereocenters. The minimum Gasteiger partial charge on any atom is -0.477 e. The molecule has 6 rings (SSSR count). The van der Waals surface area contributed by atoms with E-state index in [0.717, 1.165) is 47.8 Å². The van der Waals surface area contributed by atoms with Crippen molar-refractivity contribution in [3.05, 3.63) is 66.1 Å². The highest BCUT2D eigenvalue weighted by Gasteiger charge is 2.30. The van der Waals surface area contributed by atoms with Crippen LogP contribution >= 0.6 is 0 Å². The second kappa shape index (κ2) is 9.83. The van der Waals surface area contributed by atoms with E-state index in [1.54, 1.807) is 35.2 Å². The Morgan fingerprint density at radius 1 is 1.15 bits per heavy atom. The first-order valence-corrected chi connectivity index (χ1v) is 13.3. The quantitative estimate of drug-likeness (QED) is 0.301. The lowest BCUT2D eigenvalue weighted by Crippen LogP contribution is -2.35. The number of halogens is 1. The second-order valence-corrected chi connectivity index (χ2v) is 10.8. The molecule has 2 aromatic carbocycles. The summed E-state index contributed by atoms with van der Waals surface area (Å²) >= 11 is 0. The van der Waals surface area contributed by atoms with E-state index in [2.05, 4.69) is 27.9 Å². The van der Waals surface area contributed by atoms with Crippen molar-refractivity contribution in [1.29, 1.82) is 0 Å². The number of nitrogens with zero attached hydrogens (tertiary/aromatic N) is 5. The van der Waals surface area contributed by atoms with Crippen molar-refractivity contribution in [2.75, 3.05) is 11.9 Å². The molecule has 10 heteroatoms. The molecule has 0 spiro atoms. The van der Waals surface area contributed by atoms with E-state index >= 15 is 0 Å². The Morgan fingerprint density at radius 3 is 2.64 bits per heavy atom. The van der Waals surface area contributed by atoms with Crippen LogP contribution in [-0.4, -0.2) is 42.7 Å². The van der Waals surface area contributed by atoms with E-state index in [1.165, 1.54) is 19.4 Å². The van der Waals surface area contributed by atoms with E-state index < -0.39 is 5.67 Å². The Hall–Kier alpha value is -4.21. The number of anilines is 2. The van der Waals surface area contributed by atoms with Gasteiger partial charge in [-0.3, -0.25) is 4.79 Å². The third-order valence-electron chi connectivity index (χ3n) is 7.08. The molecule has 202 valence electrons. The maximum absolute atomic E-state index is 13.7. The number of ether oxygens (including phenoxy) is 1. The van der Waals surface area contributed by atoms with Gasteiger partial charge in [0, 0.05) is 35.7 Å². The lowest BCUT2D eigenvalue weighted by Gasteiger charge is -2.21. The van der Waals surface area contributed by atoms with E-state index in [0.29, 0.717) is 23.3 Å². The van der Waals surface area contributed by atoms with Gasteiger partial charge in [-0.15, -0.1) is 5.10 Å². The molecule has 1 atom stereocenters. The van der Waals surface area contributed by atoms with Crippen molar-refractivity contribution in [3.8, 4) is 11.4 Å². The maximum Gasteiger partial charge on any atom is 0.251 e. The highest BCUT2D eigenvalue weighted by atomic mass is 19.1. The largest absolute Gasteiger partial charge is 0.477 e. The molecule has 9 nitrogen and oxygen atoms in total. The number of hydrogen-bond acceptors (Lipinski definition) is 6. The van der Waals surface area contributed by atoms with Gasteiger partial charge in [0.05, 0.1) is 24.5 Å². The van der Waals surface area contributed by atoms with Crippen LogP contribution in [0.2, 0.25) is 0 Å². The van der Waals surface area contributed by atoms with Gasteiger partial charge in [0.15, 0.2) is 12.1 Å². The van der Waals surface area contributed by atoms with Crippen LogP contribution in [0.5, 0.6) is 0 Å². The SMILES string of the molecule is Cn1nc(-c2ccc(C(=O)NCC(C)(C)F)cc2)nc1Nc1ccc2c(cnn2C2CCC=CO2)c1C1CC1. The fourth-order valence-electron chi connectivity index (χ4n) is 4.89. The van der Waals surface area contributed by atoms with E-state index in [9.17, 15) is 9.18 Å². The molecule has 1 fully saturated rings. The number of hydrogen-bond donors (Lipinski definition) is 2. The molecule has 2 aromatic heterocycles. The molecule has 1 saturated carbocycles. The molecule has 4 aromatic rings. The van der Waals surface area contributed by atoms with Crippen LogP contribution in [0.4, 0.5) is 16.0 Å². The van der Waals surface area contributed by atoms with Crippen molar-refractivity contribution in [2.45, 2.75) is 57.3 Å². The van der Waals surface area contributed by atoms with Crippen LogP contribution < -0.4 is 10.6 Å². The first-order valence-electron chi connectivity index (χ1n) is 13.3. The van der Waals surface area contributed by atoms with Crippen molar-refractivity contribution < 1.29 is 13.9 Å². The number of amides is 1. The minimum atomic E-state index is -1.47. The highest BCUT2D eigenvalue weighted by molar-refractivity contribution is 5.94. The number of benzene rings is 2. The summed E-state index contributed by atoms with van der Waals surface area (Å²) in [5.74, 6) is 1.32. The summed E-state index contributed by atoms with van der Waals surface area (Å²) in [6.45, 7) is 2.81. The van der Waals surface area contributed by atoms with Crippen molar-refractivity contribution in [2.24, 2.45) is 7.05 Å². The zero-order chi connectivity index (χ0) is 27.1. The first kappa shape index (κ1) is 25.1. The molecular weight excluding hydrogens is 497 g/mol. The number of fused-ring (bicyclic) bond motifs is 1. The van der Waals surface area contributed by atoms with E-state index in [-0.39, 0.29) is 18.7 Å². The van der Waals surface area contributed by atoms with Gasteiger partial charge in [0.1, 0.15) is 5.67 Å². The van der Waals surface area contributed by atoms with Crippen LogP contribution in [0, 0.1) is 0 Å². The van der Waals surface area contributed by atoms with Crippen LogP contribution in [0.1, 0.15) is 67.6 Å². The highest BCUT2D eigenvalue weighted by Crippen LogP contribution is 2.47. The first-order chi connectivity index (χ1) is 18.8. The predicted molar refractivity (Wildman–Crippen MR) is 147 cm³/mol. The normalized spacial score (nSPS) is 17.3. The maximum atomic E-state index is 13.7. The Kier molecular flexibility index (Phi) is 6.32. The Balaban J connectivity index is 1.24. The Labute approximate surface area is 226 Å². The minimum absolute atomic E-state index is 0.0501. The molecule has 1 aliphatic carbocycles. The molecule has 2 aliphatic rings. The average Bonchev–Trinajstić information content (AvgIpc) is 3.57. The Bertz CT molecular complexity index is 1540. The number of rotatable bonds is 8. The van der Waals surface area contributed by atoms with Crippen LogP contribution in [0.3, 0.4) is 0 Å². The van der Waals surface area contributed by atoms with Gasteiger partial charge < -0.3 is 15.4 Å². The monoisotopic (exact) mass is 529 g/mol. The zero-order valence-corrected chi connectivity index (χ0v) is 22.3. The van der Waals surface area contributed by atoms with Gasteiger partial charge >= 0.3 is 0 Å². The third-order valence-corrected chi connectivity index (χ3v) is 7.08. The molecule has 0 bridgehead atoms. The number of allylic oxidation sites excluding steroid dienone is 1. The third kappa shape index (κ3) is 5.23. The van der Waals surface area contributed by atoms with Gasteiger partial charge in [-0.1, -0.05) is 12.1 Å². The number of carbonyl (C=O) groups is 1. The summed E-state index contributed by atoms with van der Waals surface area (Å²) < 4.78 is 23.2. The number of aromatic nitrogens is 5. The molecule has 39 heavy (non-hydrogen) atoms. The summed E-state index contributed by atoms with van der Waals surface area (Å²) in [5, 5.41) is 16.5. The van der Waals surface area contributed by atoms with Gasteiger partial charge in [-0.05, 0) is 74.9 Å². The summed E-state index contributed by atoms with van der Waals surface area (Å²) in [4.78, 5) is 17.1.